The fraction of sp³-hybridized carbons (Fsp3) is 0.464. The van der Waals surface area contributed by atoms with Crippen molar-refractivity contribution in [3.8, 4) is 0 Å². The number of fused-ring (bicyclic) bond motifs is 1. The van der Waals surface area contributed by atoms with E-state index in [1.165, 1.54) is 24.3 Å². The molecule has 2 aromatic rings. The molecule has 2 aliphatic rings. The Hall–Kier alpha value is -2.57. The zero-order valence-corrected chi connectivity index (χ0v) is 19.9. The van der Waals surface area contributed by atoms with Crippen molar-refractivity contribution in [3.63, 3.8) is 0 Å². The van der Waals surface area contributed by atoms with Gasteiger partial charge in [-0.05, 0) is 92.6 Å². The first-order valence-corrected chi connectivity index (χ1v) is 12.4. The second-order valence-electron chi connectivity index (χ2n) is 9.24. The Balaban J connectivity index is 1.43. The van der Waals surface area contributed by atoms with Gasteiger partial charge < -0.3 is 9.64 Å². The first kappa shape index (κ1) is 24.6. The quantitative estimate of drug-likeness (QED) is 0.469. The third-order valence-electron chi connectivity index (χ3n) is 6.78. The highest BCUT2D eigenvalue weighted by molar-refractivity contribution is 6.00. The molecule has 2 heterocycles. The molecule has 4 nitrogen and oxygen atoms in total. The van der Waals surface area contributed by atoms with Gasteiger partial charge in [-0.25, -0.2) is 8.78 Å². The van der Waals surface area contributed by atoms with Crippen LogP contribution in [0, 0.1) is 17.6 Å². The van der Waals surface area contributed by atoms with Crippen LogP contribution in [0.5, 0.6) is 0 Å². The van der Waals surface area contributed by atoms with E-state index in [0.717, 1.165) is 68.7 Å². The summed E-state index contributed by atoms with van der Waals surface area (Å²) >= 11 is 0. The number of nitrogens with zero attached hydrogens (tertiary/aromatic N) is 2. The molecule has 2 aliphatic heterocycles. The van der Waals surface area contributed by atoms with E-state index in [1.807, 2.05) is 0 Å². The van der Waals surface area contributed by atoms with Crippen molar-refractivity contribution >= 4 is 17.2 Å². The number of carbonyl (C=O) groups is 1. The van der Waals surface area contributed by atoms with Crippen molar-refractivity contribution in [3.05, 3.63) is 71.3 Å². The molecule has 0 radical (unpaired) electrons. The maximum atomic E-state index is 14.3. The first-order valence-electron chi connectivity index (χ1n) is 12.4. The van der Waals surface area contributed by atoms with Crippen molar-refractivity contribution in [2.45, 2.75) is 39.0 Å². The van der Waals surface area contributed by atoms with Gasteiger partial charge in [-0.15, -0.1) is 0 Å². The van der Waals surface area contributed by atoms with Crippen molar-refractivity contribution in [1.82, 2.24) is 4.90 Å². The lowest BCUT2D eigenvalue weighted by Crippen LogP contribution is -2.44. The lowest BCUT2D eigenvalue weighted by Gasteiger charge is -2.33. The smallest absolute Gasteiger partial charge is 0.241 e. The van der Waals surface area contributed by atoms with Crippen molar-refractivity contribution < 1.29 is 18.3 Å². The van der Waals surface area contributed by atoms with Crippen molar-refractivity contribution in [2.24, 2.45) is 5.92 Å². The predicted octanol–water partition coefficient (Wildman–Crippen LogP) is 5.66. The molecule has 0 unspecified atom stereocenters. The van der Waals surface area contributed by atoms with Crippen LogP contribution in [0.1, 0.15) is 50.2 Å². The van der Waals surface area contributed by atoms with Gasteiger partial charge in [0, 0.05) is 25.3 Å². The minimum Gasteiger partial charge on any atom is -0.381 e. The summed E-state index contributed by atoms with van der Waals surface area (Å²) < 4.78 is 33.4. The Labute approximate surface area is 201 Å². The molecule has 1 saturated heterocycles. The minimum atomic E-state index is -0.372. The van der Waals surface area contributed by atoms with Crippen molar-refractivity contribution in [2.75, 3.05) is 44.3 Å². The average Bonchev–Trinajstić information content (AvgIpc) is 3.03. The average molecular weight is 469 g/mol. The maximum absolute atomic E-state index is 14.3. The molecule has 0 bridgehead atoms. The van der Waals surface area contributed by atoms with Gasteiger partial charge in [0.1, 0.15) is 11.6 Å². The number of carbonyl (C=O) groups excluding carboxylic acids is 1. The van der Waals surface area contributed by atoms with E-state index in [4.69, 9.17) is 4.74 Å². The molecule has 1 fully saturated rings. The molecule has 0 N–H and O–H groups in total. The van der Waals surface area contributed by atoms with Crippen LogP contribution >= 0.6 is 0 Å². The largest absolute Gasteiger partial charge is 0.381 e. The molecule has 34 heavy (non-hydrogen) atoms. The molecule has 182 valence electrons. The van der Waals surface area contributed by atoms with Gasteiger partial charge in [-0.1, -0.05) is 25.1 Å². The Morgan fingerprint density at radius 2 is 1.74 bits per heavy atom. The number of hydrogen-bond donors (Lipinski definition) is 0. The monoisotopic (exact) mass is 468 g/mol. The molecule has 6 heteroatoms. The summed E-state index contributed by atoms with van der Waals surface area (Å²) in [6.45, 7) is 6.37. The summed E-state index contributed by atoms with van der Waals surface area (Å²) in [7, 11) is 0. The van der Waals surface area contributed by atoms with Crippen LogP contribution < -0.4 is 4.90 Å². The topological polar surface area (TPSA) is 32.8 Å². The van der Waals surface area contributed by atoms with E-state index in [1.54, 1.807) is 23.1 Å². The molecule has 0 aromatic heterocycles. The standard InChI is InChI=1S/C28H34F2N2O2/c1-2-17-34-18-13-21-11-15-31(16-12-21)20-28(33)32-14-3-4-25(22-5-7-23(29)8-6-22)26-10-9-24(30)19-27(26)32/h4-10,19,21H,2-3,11-18,20H2,1H3. The van der Waals surface area contributed by atoms with Gasteiger partial charge in [0.15, 0.2) is 0 Å². The second-order valence-corrected chi connectivity index (χ2v) is 9.24. The van der Waals surface area contributed by atoms with Crippen LogP contribution in [0.15, 0.2) is 48.5 Å². The van der Waals surface area contributed by atoms with Crippen LogP contribution in [0.25, 0.3) is 5.57 Å². The van der Waals surface area contributed by atoms with E-state index in [-0.39, 0.29) is 17.5 Å². The highest BCUT2D eigenvalue weighted by Gasteiger charge is 2.27. The lowest BCUT2D eigenvalue weighted by atomic mass is 9.94. The van der Waals surface area contributed by atoms with Gasteiger partial charge in [0.25, 0.3) is 0 Å². The van der Waals surface area contributed by atoms with Gasteiger partial charge in [0.05, 0.1) is 12.2 Å². The molecule has 0 atom stereocenters. The van der Waals surface area contributed by atoms with Crippen LogP contribution in [-0.2, 0) is 9.53 Å². The molecule has 0 saturated carbocycles. The Bertz CT molecular complexity index is 998. The third kappa shape index (κ3) is 6.10. The summed E-state index contributed by atoms with van der Waals surface area (Å²) in [5.41, 5.74) is 3.13. The summed E-state index contributed by atoms with van der Waals surface area (Å²) in [6, 6.07) is 10.9. The highest BCUT2D eigenvalue weighted by atomic mass is 19.1. The number of amides is 1. The summed E-state index contributed by atoms with van der Waals surface area (Å²) in [4.78, 5) is 17.3. The number of anilines is 1. The first-order chi connectivity index (χ1) is 16.5. The molecule has 1 amide bonds. The molecule has 0 spiro atoms. The number of piperidine rings is 1. The second kappa shape index (κ2) is 11.7. The zero-order valence-electron chi connectivity index (χ0n) is 19.9. The molecule has 0 aliphatic carbocycles. The van der Waals surface area contributed by atoms with Crippen molar-refractivity contribution in [1.29, 1.82) is 0 Å². The minimum absolute atomic E-state index is 0.00895. The number of ether oxygens (including phenoxy) is 1. The number of benzene rings is 2. The number of rotatable bonds is 8. The van der Waals surface area contributed by atoms with E-state index in [2.05, 4.69) is 17.9 Å². The fourth-order valence-electron chi connectivity index (χ4n) is 4.89. The highest BCUT2D eigenvalue weighted by Crippen LogP contribution is 2.35. The zero-order chi connectivity index (χ0) is 23.9. The van der Waals surface area contributed by atoms with Crippen LogP contribution in [0.4, 0.5) is 14.5 Å². The van der Waals surface area contributed by atoms with Gasteiger partial charge in [-0.3, -0.25) is 9.69 Å². The van der Waals surface area contributed by atoms with Crippen LogP contribution in [0.2, 0.25) is 0 Å². The lowest BCUT2D eigenvalue weighted by molar-refractivity contribution is -0.120. The summed E-state index contributed by atoms with van der Waals surface area (Å²) in [5.74, 6) is -0.0293. The van der Waals surface area contributed by atoms with E-state index in [0.29, 0.717) is 31.1 Å². The Kier molecular flexibility index (Phi) is 8.46. The van der Waals surface area contributed by atoms with Gasteiger partial charge >= 0.3 is 0 Å². The Morgan fingerprint density at radius 1 is 1.00 bits per heavy atom. The number of halogens is 2. The van der Waals surface area contributed by atoms with Crippen LogP contribution in [-0.4, -0.2) is 50.2 Å². The maximum Gasteiger partial charge on any atom is 0.241 e. The van der Waals surface area contributed by atoms with Crippen LogP contribution in [0.3, 0.4) is 0 Å². The normalized spacial score (nSPS) is 17.3. The fourth-order valence-corrected chi connectivity index (χ4v) is 4.89. The number of likely N-dealkylation sites (tertiary alicyclic amines) is 1. The molecule has 4 rings (SSSR count). The predicted molar refractivity (Wildman–Crippen MR) is 132 cm³/mol. The molecular weight excluding hydrogens is 434 g/mol. The number of hydrogen-bond acceptors (Lipinski definition) is 3. The van der Waals surface area contributed by atoms with E-state index < -0.39 is 0 Å². The molecule has 2 aromatic carbocycles. The summed E-state index contributed by atoms with van der Waals surface area (Å²) in [6.07, 6.45) is 6.98. The SMILES string of the molecule is CCCOCCC1CCN(CC(=O)N2CCC=C(c3ccc(F)cc3)c3ccc(F)cc32)CC1. The molecular formula is C28H34F2N2O2. The summed E-state index contributed by atoms with van der Waals surface area (Å²) in [5, 5.41) is 0. The van der Waals surface area contributed by atoms with E-state index >= 15 is 0 Å². The van der Waals surface area contributed by atoms with Gasteiger partial charge in [-0.2, -0.15) is 0 Å². The third-order valence-corrected chi connectivity index (χ3v) is 6.78. The van der Waals surface area contributed by atoms with Gasteiger partial charge in [0.2, 0.25) is 5.91 Å². The Morgan fingerprint density at radius 3 is 2.47 bits per heavy atom. The van der Waals surface area contributed by atoms with E-state index in [9.17, 15) is 13.6 Å².